The number of nitrogens with zero attached hydrogens (tertiary/aromatic N) is 2. The van der Waals surface area contributed by atoms with Gasteiger partial charge in [-0.1, -0.05) is 42.5 Å². The molecule has 0 radical (unpaired) electrons. The summed E-state index contributed by atoms with van der Waals surface area (Å²) in [5.41, 5.74) is 1.02. The van der Waals surface area contributed by atoms with Crippen molar-refractivity contribution in [3.63, 3.8) is 0 Å². The van der Waals surface area contributed by atoms with E-state index in [2.05, 4.69) is 23.2 Å². The van der Waals surface area contributed by atoms with Gasteiger partial charge in [-0.2, -0.15) is 5.26 Å². The smallest absolute Gasteiger partial charge is 0.175 e. The van der Waals surface area contributed by atoms with Crippen LogP contribution in [0.15, 0.2) is 72.9 Å². The number of aromatic nitrogens is 1. The minimum atomic E-state index is -1.21. The van der Waals surface area contributed by atoms with Crippen molar-refractivity contribution in [3.8, 4) is 11.8 Å². The zero-order valence-electron chi connectivity index (χ0n) is 14.7. The Kier molecular flexibility index (Phi) is 3.37. The van der Waals surface area contributed by atoms with E-state index in [-0.39, 0.29) is 5.92 Å². The number of benzene rings is 2. The minimum absolute atomic E-state index is 0.0224. The Morgan fingerprint density at radius 3 is 2.56 bits per heavy atom. The maximum absolute atomic E-state index is 11.9. The maximum Gasteiger partial charge on any atom is 0.175 e. The largest absolute Gasteiger partial charge is 0.476 e. The van der Waals surface area contributed by atoms with Gasteiger partial charge < -0.3 is 9.84 Å². The van der Waals surface area contributed by atoms with Crippen molar-refractivity contribution in [2.45, 2.75) is 30.0 Å². The normalized spacial score (nSPS) is 28.1. The van der Waals surface area contributed by atoms with Gasteiger partial charge in [-0.05, 0) is 48.2 Å². The average Bonchev–Trinajstić information content (AvgIpc) is 3.16. The van der Waals surface area contributed by atoms with E-state index in [1.807, 2.05) is 42.5 Å². The lowest BCUT2D eigenvalue weighted by Crippen LogP contribution is -2.48. The molecule has 132 valence electrons. The van der Waals surface area contributed by atoms with Crippen LogP contribution in [-0.2, 0) is 11.2 Å². The first-order chi connectivity index (χ1) is 13.2. The second-order valence-corrected chi connectivity index (χ2v) is 7.24. The van der Waals surface area contributed by atoms with Crippen molar-refractivity contribution in [2.24, 2.45) is 0 Å². The third kappa shape index (κ3) is 2.03. The highest BCUT2D eigenvalue weighted by molar-refractivity contribution is 5.51. The van der Waals surface area contributed by atoms with Gasteiger partial charge in [-0.3, -0.25) is 4.98 Å². The second-order valence-electron chi connectivity index (χ2n) is 7.24. The van der Waals surface area contributed by atoms with Crippen LogP contribution in [0.4, 0.5) is 0 Å². The van der Waals surface area contributed by atoms with Crippen molar-refractivity contribution < 1.29 is 9.84 Å². The van der Waals surface area contributed by atoms with Crippen molar-refractivity contribution in [1.82, 2.24) is 4.98 Å². The molecule has 4 heteroatoms. The summed E-state index contributed by atoms with van der Waals surface area (Å²) in [4.78, 5) is 4.48. The summed E-state index contributed by atoms with van der Waals surface area (Å²) in [5, 5.41) is 21.1. The molecule has 1 aromatic heterocycles. The fraction of sp³-hybridized carbons (Fsp3) is 0.217. The Morgan fingerprint density at radius 2 is 1.81 bits per heavy atom. The van der Waals surface area contributed by atoms with Crippen LogP contribution in [-0.4, -0.2) is 10.1 Å². The first kappa shape index (κ1) is 16.0. The highest BCUT2D eigenvalue weighted by Crippen LogP contribution is 2.65. The zero-order valence-corrected chi connectivity index (χ0v) is 14.7. The number of hydrogen-bond donors (Lipinski definition) is 1. The van der Waals surface area contributed by atoms with Gasteiger partial charge in [0.1, 0.15) is 11.4 Å². The van der Waals surface area contributed by atoms with Crippen molar-refractivity contribution in [1.29, 1.82) is 5.26 Å². The summed E-state index contributed by atoms with van der Waals surface area (Å²) in [6.45, 7) is 0. The molecule has 4 nitrogen and oxygen atoms in total. The molecule has 3 unspecified atom stereocenters. The molecule has 1 fully saturated rings. The molecule has 0 amide bonds. The fourth-order valence-corrected chi connectivity index (χ4v) is 4.82. The number of fused-ring (bicyclic) bond motifs is 3. The van der Waals surface area contributed by atoms with E-state index in [1.54, 1.807) is 18.3 Å². The molecule has 0 spiro atoms. The van der Waals surface area contributed by atoms with Gasteiger partial charge in [-0.25, -0.2) is 0 Å². The Balaban J connectivity index is 1.76. The van der Waals surface area contributed by atoms with Crippen LogP contribution in [0, 0.1) is 11.3 Å². The topological polar surface area (TPSA) is 66.1 Å². The lowest BCUT2D eigenvalue weighted by atomic mass is 9.72. The van der Waals surface area contributed by atoms with Crippen molar-refractivity contribution >= 4 is 0 Å². The minimum Gasteiger partial charge on any atom is -0.476 e. The molecule has 2 aromatic carbocycles. The lowest BCUT2D eigenvalue weighted by Gasteiger charge is -2.39. The molecular weight excluding hydrogens is 336 g/mol. The summed E-state index contributed by atoms with van der Waals surface area (Å²) in [6, 6.07) is 23.4. The van der Waals surface area contributed by atoms with Crippen LogP contribution in [0.25, 0.3) is 0 Å². The molecule has 3 atom stereocenters. The number of pyridine rings is 1. The lowest BCUT2D eigenvalue weighted by molar-refractivity contribution is -0.107. The highest BCUT2D eigenvalue weighted by atomic mass is 16.5. The Bertz CT molecular complexity index is 1040. The molecule has 2 heterocycles. The van der Waals surface area contributed by atoms with Gasteiger partial charge in [0.25, 0.3) is 0 Å². The number of nitriles is 1. The summed E-state index contributed by atoms with van der Waals surface area (Å²) < 4.78 is 6.55. The first-order valence-corrected chi connectivity index (χ1v) is 9.11. The van der Waals surface area contributed by atoms with Crippen molar-refractivity contribution in [2.75, 3.05) is 0 Å². The van der Waals surface area contributed by atoms with Crippen LogP contribution in [0.3, 0.4) is 0 Å². The molecule has 2 aliphatic rings. The third-order valence-electron chi connectivity index (χ3n) is 5.98. The molecule has 1 N–H and O–H groups in total. The quantitative estimate of drug-likeness (QED) is 0.755. The zero-order chi connectivity index (χ0) is 18.5. The summed E-state index contributed by atoms with van der Waals surface area (Å²) >= 11 is 0. The molecule has 1 saturated carbocycles. The van der Waals surface area contributed by atoms with Gasteiger partial charge in [0, 0.05) is 12.1 Å². The van der Waals surface area contributed by atoms with E-state index < -0.39 is 11.2 Å². The van der Waals surface area contributed by atoms with Crippen LogP contribution >= 0.6 is 0 Å². The number of rotatable bonds is 2. The van der Waals surface area contributed by atoms with Gasteiger partial charge in [0.05, 0.1) is 11.6 Å². The molecule has 27 heavy (non-hydrogen) atoms. The van der Waals surface area contributed by atoms with Crippen LogP contribution < -0.4 is 4.74 Å². The van der Waals surface area contributed by atoms with E-state index in [4.69, 9.17) is 10.00 Å². The van der Waals surface area contributed by atoms with Gasteiger partial charge in [0.2, 0.25) is 0 Å². The number of hydrogen-bond acceptors (Lipinski definition) is 4. The summed E-state index contributed by atoms with van der Waals surface area (Å²) in [5.74, 6) is 0.607. The number of aliphatic hydroxyl groups is 1. The molecule has 1 aliphatic heterocycles. The molecular formula is C23H18N2O2. The van der Waals surface area contributed by atoms with Gasteiger partial charge >= 0.3 is 0 Å². The Hall–Kier alpha value is -3.16. The van der Waals surface area contributed by atoms with E-state index in [0.29, 0.717) is 23.4 Å². The highest BCUT2D eigenvalue weighted by Gasteiger charge is 2.69. The summed E-state index contributed by atoms with van der Waals surface area (Å²) in [6.07, 6.45) is 3.05. The maximum atomic E-state index is 11.9. The Morgan fingerprint density at radius 1 is 1.04 bits per heavy atom. The molecule has 3 aromatic rings. The first-order valence-electron chi connectivity index (χ1n) is 9.11. The number of ether oxygens (including phenoxy) is 1. The predicted octanol–water partition coefficient (Wildman–Crippen LogP) is 4.01. The van der Waals surface area contributed by atoms with Crippen LogP contribution in [0.5, 0.6) is 5.75 Å². The van der Waals surface area contributed by atoms with Crippen molar-refractivity contribution in [3.05, 3.63) is 95.3 Å². The van der Waals surface area contributed by atoms with E-state index in [0.717, 1.165) is 17.5 Å². The fourth-order valence-electron chi connectivity index (χ4n) is 4.82. The Labute approximate surface area is 157 Å². The standard InChI is InChI=1S/C23H18N2O2/c24-15-16-8-10-18(11-9-16)23-19(17-5-2-1-3-6-17)12-13-22(23,26)21-20(27-23)7-4-14-25-21/h1-11,14,19,26H,12-13H2. The van der Waals surface area contributed by atoms with Crippen LogP contribution in [0.1, 0.15) is 41.1 Å². The summed E-state index contributed by atoms with van der Waals surface area (Å²) in [7, 11) is 0. The van der Waals surface area contributed by atoms with Crippen LogP contribution in [0.2, 0.25) is 0 Å². The van der Waals surface area contributed by atoms with E-state index in [9.17, 15) is 5.11 Å². The SMILES string of the molecule is N#Cc1ccc(C23Oc4cccnc4C2(O)CCC3c2ccccc2)cc1. The third-order valence-corrected chi connectivity index (χ3v) is 5.98. The molecule has 0 saturated heterocycles. The van der Waals surface area contributed by atoms with Gasteiger partial charge in [-0.15, -0.1) is 0 Å². The van der Waals surface area contributed by atoms with Gasteiger partial charge in [0.15, 0.2) is 11.2 Å². The second kappa shape index (κ2) is 5.67. The monoisotopic (exact) mass is 354 g/mol. The molecule has 5 rings (SSSR count). The average molecular weight is 354 g/mol. The molecule has 1 aliphatic carbocycles. The van der Waals surface area contributed by atoms with E-state index in [1.165, 1.54) is 0 Å². The predicted molar refractivity (Wildman–Crippen MR) is 100 cm³/mol. The molecule has 0 bridgehead atoms. The van der Waals surface area contributed by atoms with E-state index >= 15 is 0 Å².